The van der Waals surface area contributed by atoms with Crippen LogP contribution in [0.1, 0.15) is 30.1 Å². The Morgan fingerprint density at radius 2 is 2.07 bits per heavy atom. The molecule has 2 aromatic rings. The first kappa shape index (κ1) is 23.4. The molecule has 1 fully saturated rings. The molecular formula is C22H32IN5O. The molecule has 3 rings (SSSR count). The van der Waals surface area contributed by atoms with Gasteiger partial charge in [0.1, 0.15) is 5.75 Å². The molecule has 1 saturated heterocycles. The minimum absolute atomic E-state index is 0. The minimum atomic E-state index is 0. The van der Waals surface area contributed by atoms with Gasteiger partial charge in [0.2, 0.25) is 0 Å². The lowest BCUT2D eigenvalue weighted by atomic mass is 9.85. The van der Waals surface area contributed by atoms with E-state index in [4.69, 9.17) is 10.5 Å². The lowest BCUT2D eigenvalue weighted by Crippen LogP contribution is -2.39. The van der Waals surface area contributed by atoms with E-state index in [-0.39, 0.29) is 24.0 Å². The van der Waals surface area contributed by atoms with Gasteiger partial charge >= 0.3 is 0 Å². The summed E-state index contributed by atoms with van der Waals surface area (Å²) < 4.78 is 5.29. The Balaban J connectivity index is 0.00000300. The Labute approximate surface area is 191 Å². The maximum absolute atomic E-state index is 6.10. The zero-order chi connectivity index (χ0) is 19.8. The number of aromatic nitrogens is 1. The highest BCUT2D eigenvalue weighted by molar-refractivity contribution is 14.0. The van der Waals surface area contributed by atoms with Crippen LogP contribution in [0.15, 0.2) is 53.7 Å². The van der Waals surface area contributed by atoms with E-state index < -0.39 is 0 Å². The van der Waals surface area contributed by atoms with Gasteiger partial charge < -0.3 is 15.8 Å². The molecule has 2 atom stereocenters. The summed E-state index contributed by atoms with van der Waals surface area (Å²) >= 11 is 0. The van der Waals surface area contributed by atoms with E-state index in [0.29, 0.717) is 17.9 Å². The van der Waals surface area contributed by atoms with Crippen LogP contribution >= 0.6 is 24.0 Å². The first-order valence-electron chi connectivity index (χ1n) is 9.95. The number of aliphatic imine (C=N–C) groups is 1. The third-order valence-electron chi connectivity index (χ3n) is 5.37. The van der Waals surface area contributed by atoms with Crippen LogP contribution in [0.3, 0.4) is 0 Å². The second-order valence-electron chi connectivity index (χ2n) is 7.32. The van der Waals surface area contributed by atoms with Gasteiger partial charge in [0.05, 0.1) is 7.11 Å². The summed E-state index contributed by atoms with van der Waals surface area (Å²) in [5.41, 5.74) is 8.46. The number of piperidine rings is 1. The summed E-state index contributed by atoms with van der Waals surface area (Å²) in [6.07, 6.45) is 4.99. The largest absolute Gasteiger partial charge is 0.497 e. The van der Waals surface area contributed by atoms with E-state index in [1.54, 1.807) is 7.11 Å². The lowest BCUT2D eigenvalue weighted by molar-refractivity contribution is 0.125. The number of benzene rings is 1. The Morgan fingerprint density at radius 3 is 2.76 bits per heavy atom. The average molecular weight is 509 g/mol. The topological polar surface area (TPSA) is 75.8 Å². The number of hydrogen-bond donors (Lipinski definition) is 2. The fourth-order valence-electron chi connectivity index (χ4n) is 3.91. The van der Waals surface area contributed by atoms with Crippen molar-refractivity contribution in [3.63, 3.8) is 0 Å². The molecule has 29 heavy (non-hydrogen) atoms. The van der Waals surface area contributed by atoms with Crippen LogP contribution in [0.4, 0.5) is 0 Å². The molecule has 2 unspecified atom stereocenters. The van der Waals surface area contributed by atoms with E-state index in [1.165, 1.54) is 12.0 Å². The van der Waals surface area contributed by atoms with Gasteiger partial charge in [0.15, 0.2) is 5.96 Å². The molecular weight excluding hydrogens is 477 g/mol. The molecule has 3 N–H and O–H groups in total. The van der Waals surface area contributed by atoms with Crippen molar-refractivity contribution in [2.24, 2.45) is 16.6 Å². The number of guanidine groups is 1. The number of likely N-dealkylation sites (tertiary alicyclic amines) is 1. The van der Waals surface area contributed by atoms with Crippen molar-refractivity contribution in [3.8, 4) is 5.75 Å². The Kier molecular flexibility index (Phi) is 9.66. The van der Waals surface area contributed by atoms with Crippen LogP contribution in [0, 0.1) is 5.92 Å². The highest BCUT2D eigenvalue weighted by Gasteiger charge is 2.30. The molecule has 6 nitrogen and oxygen atoms in total. The summed E-state index contributed by atoms with van der Waals surface area (Å²) in [5, 5.41) is 3.21. The molecule has 2 heterocycles. The maximum Gasteiger partial charge on any atom is 0.188 e. The van der Waals surface area contributed by atoms with Crippen molar-refractivity contribution in [2.75, 3.05) is 33.8 Å². The van der Waals surface area contributed by atoms with Gasteiger partial charge in [-0.15, -0.1) is 24.0 Å². The lowest BCUT2D eigenvalue weighted by Gasteiger charge is -2.39. The molecule has 1 aromatic carbocycles. The third kappa shape index (κ3) is 6.85. The molecule has 0 bridgehead atoms. The summed E-state index contributed by atoms with van der Waals surface area (Å²) in [4.78, 5) is 11.4. The van der Waals surface area contributed by atoms with Crippen LogP contribution in [-0.2, 0) is 6.42 Å². The predicted octanol–water partition coefficient (Wildman–Crippen LogP) is 3.24. The maximum atomic E-state index is 6.10. The number of methoxy groups -OCH3 is 1. The van der Waals surface area contributed by atoms with Crippen LogP contribution in [0.2, 0.25) is 0 Å². The van der Waals surface area contributed by atoms with E-state index in [9.17, 15) is 0 Å². The summed E-state index contributed by atoms with van der Waals surface area (Å²) in [6.45, 7) is 2.57. The fourth-order valence-corrected chi connectivity index (χ4v) is 3.91. The number of ether oxygens (including phenoxy) is 1. The Morgan fingerprint density at radius 1 is 1.28 bits per heavy atom. The van der Waals surface area contributed by atoms with Gasteiger partial charge in [-0.1, -0.05) is 18.2 Å². The standard InChI is InChI=1S/C22H31N5O.HI/c1-27-15-5-6-18(21(27)17-8-10-20(28-2)11-9-17)16-26-22(23)25-14-12-19-7-3-4-13-24-19;/h3-4,7-11,13,18,21H,5-6,12,14-16H2,1-2H3,(H3,23,25,26);1H. The van der Waals surface area contributed by atoms with Crippen molar-refractivity contribution >= 4 is 29.9 Å². The average Bonchev–Trinajstić information content (AvgIpc) is 2.73. The van der Waals surface area contributed by atoms with Gasteiger partial charge in [-0.25, -0.2) is 0 Å². The molecule has 0 spiro atoms. The zero-order valence-corrected chi connectivity index (χ0v) is 19.6. The van der Waals surface area contributed by atoms with Gasteiger partial charge in [-0.3, -0.25) is 14.9 Å². The number of hydrogen-bond acceptors (Lipinski definition) is 4. The second kappa shape index (κ2) is 12.0. The quantitative estimate of drug-likeness (QED) is 0.341. The van der Waals surface area contributed by atoms with Gasteiger partial charge in [0.25, 0.3) is 0 Å². The third-order valence-corrected chi connectivity index (χ3v) is 5.37. The smallest absolute Gasteiger partial charge is 0.188 e. The number of pyridine rings is 1. The predicted molar refractivity (Wildman–Crippen MR) is 129 cm³/mol. The highest BCUT2D eigenvalue weighted by Crippen LogP contribution is 2.35. The highest BCUT2D eigenvalue weighted by atomic mass is 127. The Bertz CT molecular complexity index is 754. The van der Waals surface area contributed by atoms with Gasteiger partial charge in [0, 0.05) is 37.4 Å². The van der Waals surface area contributed by atoms with E-state index in [0.717, 1.165) is 43.9 Å². The van der Waals surface area contributed by atoms with Crippen LogP contribution in [0.25, 0.3) is 0 Å². The van der Waals surface area contributed by atoms with E-state index in [1.807, 2.05) is 36.5 Å². The van der Waals surface area contributed by atoms with Gasteiger partial charge in [-0.2, -0.15) is 0 Å². The van der Waals surface area contributed by atoms with E-state index >= 15 is 0 Å². The molecule has 1 aliphatic heterocycles. The normalized spacial score (nSPS) is 20.0. The number of nitrogens with one attached hydrogen (secondary N) is 1. The fraction of sp³-hybridized carbons (Fsp3) is 0.455. The van der Waals surface area contributed by atoms with E-state index in [2.05, 4.69) is 39.4 Å². The molecule has 7 heteroatoms. The van der Waals surface area contributed by atoms with Crippen molar-refractivity contribution in [1.82, 2.24) is 15.2 Å². The Hall–Kier alpha value is -1.87. The van der Waals surface area contributed by atoms with Crippen molar-refractivity contribution in [3.05, 3.63) is 59.9 Å². The molecule has 1 aromatic heterocycles. The molecule has 0 amide bonds. The number of nitrogens with two attached hydrogens (primary N) is 1. The SMILES string of the molecule is COc1ccc(C2C(CN=C(N)NCCc3ccccn3)CCCN2C)cc1.I. The molecule has 0 saturated carbocycles. The number of rotatable bonds is 7. The van der Waals surface area contributed by atoms with Crippen LogP contribution < -0.4 is 15.8 Å². The first-order chi connectivity index (χ1) is 13.7. The summed E-state index contributed by atoms with van der Waals surface area (Å²) in [6, 6.07) is 14.7. The zero-order valence-electron chi connectivity index (χ0n) is 17.3. The monoisotopic (exact) mass is 509 g/mol. The van der Waals surface area contributed by atoms with Crippen LogP contribution in [0.5, 0.6) is 5.75 Å². The van der Waals surface area contributed by atoms with Gasteiger partial charge in [-0.05, 0) is 62.2 Å². The van der Waals surface area contributed by atoms with Crippen molar-refractivity contribution in [1.29, 1.82) is 0 Å². The summed E-state index contributed by atoms with van der Waals surface area (Å²) in [7, 11) is 3.89. The number of halogens is 1. The summed E-state index contributed by atoms with van der Waals surface area (Å²) in [5.74, 6) is 1.85. The minimum Gasteiger partial charge on any atom is -0.497 e. The first-order valence-corrected chi connectivity index (χ1v) is 9.95. The second-order valence-corrected chi connectivity index (χ2v) is 7.32. The van der Waals surface area contributed by atoms with Crippen molar-refractivity contribution in [2.45, 2.75) is 25.3 Å². The molecule has 158 valence electrons. The molecule has 1 aliphatic rings. The number of nitrogens with zero attached hydrogens (tertiary/aromatic N) is 3. The molecule has 0 aliphatic carbocycles. The molecule has 0 radical (unpaired) electrons. The van der Waals surface area contributed by atoms with Crippen LogP contribution in [-0.4, -0.2) is 49.6 Å². The van der Waals surface area contributed by atoms with Crippen molar-refractivity contribution < 1.29 is 4.74 Å².